The van der Waals surface area contributed by atoms with Crippen LogP contribution in [0, 0.1) is 0 Å². The molecule has 1 aliphatic carbocycles. The van der Waals surface area contributed by atoms with Gasteiger partial charge in [-0.05, 0) is 32.1 Å². The fraction of sp³-hybridized carbons (Fsp3) is 0.800. The van der Waals surface area contributed by atoms with Gasteiger partial charge in [0.2, 0.25) is 0 Å². The van der Waals surface area contributed by atoms with E-state index in [0.29, 0.717) is 6.42 Å². The summed E-state index contributed by atoms with van der Waals surface area (Å²) in [5, 5.41) is 6.22. The lowest BCUT2D eigenvalue weighted by Crippen LogP contribution is -2.11. The minimum atomic E-state index is -0.856. The topological polar surface area (TPSA) is 77.3 Å². The van der Waals surface area contributed by atoms with Crippen LogP contribution in [0.15, 0.2) is 10.2 Å². The van der Waals surface area contributed by atoms with E-state index < -0.39 is 12.2 Å². The molecule has 90 valence electrons. The van der Waals surface area contributed by atoms with Gasteiger partial charge in [-0.25, -0.2) is 9.59 Å². The lowest BCUT2D eigenvalue weighted by atomic mass is 10.3. The van der Waals surface area contributed by atoms with E-state index >= 15 is 0 Å². The molecule has 0 atom stereocenters. The Morgan fingerprint density at radius 1 is 1.19 bits per heavy atom. The quantitative estimate of drug-likeness (QED) is 0.695. The normalized spacial score (nSPS) is 16.6. The van der Waals surface area contributed by atoms with Crippen LogP contribution in [0.3, 0.4) is 0 Å². The van der Waals surface area contributed by atoms with Gasteiger partial charge in [-0.15, -0.1) is 0 Å². The zero-order valence-corrected chi connectivity index (χ0v) is 9.35. The molecule has 0 N–H and O–H groups in total. The first-order valence-electron chi connectivity index (χ1n) is 5.51. The Bertz CT molecular complexity index is 272. The molecule has 0 spiro atoms. The minimum absolute atomic E-state index is 0.0712. The molecule has 16 heavy (non-hydrogen) atoms. The van der Waals surface area contributed by atoms with Gasteiger partial charge < -0.3 is 9.47 Å². The van der Waals surface area contributed by atoms with Crippen LogP contribution < -0.4 is 0 Å². The molecule has 2 amide bonds. The van der Waals surface area contributed by atoms with Crippen LogP contribution in [0.1, 0.15) is 39.0 Å². The Morgan fingerprint density at radius 2 is 1.81 bits per heavy atom. The fourth-order valence-corrected chi connectivity index (χ4v) is 1.47. The van der Waals surface area contributed by atoms with Gasteiger partial charge in [0, 0.05) is 0 Å². The Morgan fingerprint density at radius 3 is 2.44 bits per heavy atom. The largest absolute Gasteiger partial charge is 0.452 e. The van der Waals surface area contributed by atoms with Crippen molar-refractivity contribution in [3.8, 4) is 0 Å². The SMILES string of the molecule is CCCOC(=O)N=NC(=O)OC1CCCC1. The molecule has 0 aromatic rings. The third-order valence-corrected chi connectivity index (χ3v) is 2.21. The van der Waals surface area contributed by atoms with Crippen molar-refractivity contribution in [3.63, 3.8) is 0 Å². The second-order valence-electron chi connectivity index (χ2n) is 3.60. The summed E-state index contributed by atoms with van der Waals surface area (Å²) < 4.78 is 9.56. The molecule has 1 fully saturated rings. The van der Waals surface area contributed by atoms with E-state index in [1.165, 1.54) is 0 Å². The average Bonchev–Trinajstić information content (AvgIpc) is 2.76. The lowest BCUT2D eigenvalue weighted by Gasteiger charge is -2.06. The molecule has 0 unspecified atom stereocenters. The van der Waals surface area contributed by atoms with Crippen LogP contribution in [0.25, 0.3) is 0 Å². The lowest BCUT2D eigenvalue weighted by molar-refractivity contribution is 0.107. The highest BCUT2D eigenvalue weighted by Crippen LogP contribution is 2.21. The summed E-state index contributed by atoms with van der Waals surface area (Å²) in [5.41, 5.74) is 0. The second-order valence-corrected chi connectivity index (χ2v) is 3.60. The van der Waals surface area contributed by atoms with Gasteiger partial charge >= 0.3 is 12.2 Å². The number of amides is 2. The van der Waals surface area contributed by atoms with E-state index in [4.69, 9.17) is 4.74 Å². The molecular formula is C10H16N2O4. The highest BCUT2D eigenvalue weighted by Gasteiger charge is 2.19. The van der Waals surface area contributed by atoms with Gasteiger partial charge in [0.15, 0.2) is 0 Å². The first-order chi connectivity index (χ1) is 7.72. The Balaban J connectivity index is 2.21. The van der Waals surface area contributed by atoms with Crippen molar-refractivity contribution in [2.75, 3.05) is 6.61 Å². The summed E-state index contributed by atoms with van der Waals surface area (Å²) in [6, 6.07) is 0. The molecule has 0 heterocycles. The van der Waals surface area contributed by atoms with Gasteiger partial charge in [0.25, 0.3) is 0 Å². The predicted octanol–water partition coefficient (Wildman–Crippen LogP) is 3.06. The molecular weight excluding hydrogens is 212 g/mol. The van der Waals surface area contributed by atoms with Gasteiger partial charge in [0.05, 0.1) is 6.61 Å². The predicted molar refractivity (Wildman–Crippen MR) is 55.2 cm³/mol. The van der Waals surface area contributed by atoms with Crippen LogP contribution >= 0.6 is 0 Å². The number of hydrogen-bond donors (Lipinski definition) is 0. The third kappa shape index (κ3) is 4.86. The second kappa shape index (κ2) is 6.92. The standard InChI is InChI=1S/C10H16N2O4/c1-2-7-15-9(13)11-12-10(14)16-8-5-3-4-6-8/h8H,2-7H2,1H3. The molecule has 6 nitrogen and oxygen atoms in total. The van der Waals surface area contributed by atoms with Crippen molar-refractivity contribution in [1.29, 1.82) is 0 Å². The third-order valence-electron chi connectivity index (χ3n) is 2.21. The Hall–Kier alpha value is -1.46. The van der Waals surface area contributed by atoms with Gasteiger partial charge in [0.1, 0.15) is 6.10 Å². The van der Waals surface area contributed by atoms with E-state index in [0.717, 1.165) is 25.7 Å². The summed E-state index contributed by atoms with van der Waals surface area (Å²) in [6.07, 6.45) is 2.81. The number of carbonyl (C=O) groups is 2. The highest BCUT2D eigenvalue weighted by molar-refractivity contribution is 5.73. The highest BCUT2D eigenvalue weighted by atomic mass is 16.6. The molecule has 0 aromatic carbocycles. The smallest absolute Gasteiger partial charge is 0.447 e. The van der Waals surface area contributed by atoms with E-state index in [9.17, 15) is 9.59 Å². The first kappa shape index (κ1) is 12.6. The molecule has 0 aromatic heterocycles. The average molecular weight is 228 g/mol. The number of nitrogens with zero attached hydrogens (tertiary/aromatic N) is 2. The van der Waals surface area contributed by atoms with Crippen molar-refractivity contribution in [3.05, 3.63) is 0 Å². The molecule has 1 rings (SSSR count). The van der Waals surface area contributed by atoms with E-state index in [1.54, 1.807) is 0 Å². The summed E-state index contributed by atoms with van der Waals surface area (Å²) in [4.78, 5) is 21.9. The maximum atomic E-state index is 11.1. The van der Waals surface area contributed by atoms with E-state index in [-0.39, 0.29) is 12.7 Å². The summed E-state index contributed by atoms with van der Waals surface area (Å²) >= 11 is 0. The van der Waals surface area contributed by atoms with Gasteiger partial charge in [-0.2, -0.15) is 0 Å². The Kier molecular flexibility index (Phi) is 5.45. The van der Waals surface area contributed by atoms with Gasteiger partial charge in [-0.3, -0.25) is 0 Å². The minimum Gasteiger partial charge on any atom is -0.447 e. The molecule has 0 radical (unpaired) electrons. The van der Waals surface area contributed by atoms with Crippen LogP contribution in [0.4, 0.5) is 9.59 Å². The maximum Gasteiger partial charge on any atom is 0.452 e. The summed E-state index contributed by atoms with van der Waals surface area (Å²) in [5.74, 6) is 0. The molecule has 1 aliphatic rings. The number of carbonyl (C=O) groups excluding carboxylic acids is 2. The van der Waals surface area contributed by atoms with Crippen molar-refractivity contribution in [2.24, 2.45) is 10.2 Å². The van der Waals surface area contributed by atoms with Crippen molar-refractivity contribution < 1.29 is 19.1 Å². The Labute approximate surface area is 94.0 Å². The summed E-state index contributed by atoms with van der Waals surface area (Å²) in [7, 11) is 0. The molecule has 0 bridgehead atoms. The number of rotatable bonds is 3. The maximum absolute atomic E-state index is 11.1. The van der Waals surface area contributed by atoms with Crippen LogP contribution in [-0.4, -0.2) is 24.9 Å². The first-order valence-corrected chi connectivity index (χ1v) is 5.51. The van der Waals surface area contributed by atoms with Crippen LogP contribution in [0.2, 0.25) is 0 Å². The van der Waals surface area contributed by atoms with E-state index in [1.807, 2.05) is 6.92 Å². The monoisotopic (exact) mass is 228 g/mol. The number of hydrogen-bond acceptors (Lipinski definition) is 4. The van der Waals surface area contributed by atoms with E-state index in [2.05, 4.69) is 15.0 Å². The molecule has 0 saturated heterocycles. The summed E-state index contributed by atoms with van der Waals surface area (Å²) in [6.45, 7) is 2.13. The van der Waals surface area contributed by atoms with Crippen molar-refractivity contribution in [2.45, 2.75) is 45.1 Å². The number of azo groups is 1. The van der Waals surface area contributed by atoms with Crippen LogP contribution in [-0.2, 0) is 9.47 Å². The molecule has 1 saturated carbocycles. The molecule has 6 heteroatoms. The van der Waals surface area contributed by atoms with Gasteiger partial charge in [-0.1, -0.05) is 17.2 Å². The number of ether oxygens (including phenoxy) is 2. The van der Waals surface area contributed by atoms with Crippen LogP contribution in [0.5, 0.6) is 0 Å². The zero-order chi connectivity index (χ0) is 11.8. The fourth-order valence-electron chi connectivity index (χ4n) is 1.47. The van der Waals surface area contributed by atoms with Crippen molar-refractivity contribution in [1.82, 2.24) is 0 Å². The van der Waals surface area contributed by atoms with Crippen molar-refractivity contribution >= 4 is 12.2 Å². The zero-order valence-electron chi connectivity index (χ0n) is 9.35. The molecule has 0 aliphatic heterocycles.